The first-order valence-corrected chi connectivity index (χ1v) is 32.7. The molecule has 87 heavy (non-hydrogen) atoms. The number of piperidine rings is 4. The van der Waals surface area contributed by atoms with Crippen LogP contribution in [0.1, 0.15) is 285 Å². The number of aryl methyl sites for hydroxylation is 1. The van der Waals surface area contributed by atoms with E-state index >= 15 is 0 Å². The molecule has 494 valence electrons. The standard InChI is InChI=1S/C38H64N2O5.C35H58N2O5/c1-16-38(30(42)44-25-20-34(8,9)39-35(10,11)21-25,31(43)45-26-22-36(12,13)40-37(14,15)23-26)19-24-17-27(32(2,3)4)29(41)28(18-24)33(5,6)7;1-14-35(17-23-15-22(2)27(38)26(16-23)30(3,4)5,28(39)41-24-18-31(6,7)36-32(8,9)19-24)29(40)42-25-20-33(10,11)37-34(12,13)21-25/h17-18,25-26,39-41H,16,19-23H2,1-15H3;15-16,24-25,36-38H,14,17-21H2,1-13H3. The Balaban J connectivity index is 0.000000318. The number of phenolic OH excluding ortho intramolecular Hbond substituents is 2. The minimum absolute atomic E-state index is 0.128. The zero-order chi connectivity index (χ0) is 66.7. The van der Waals surface area contributed by atoms with E-state index in [2.05, 4.69) is 174 Å². The summed E-state index contributed by atoms with van der Waals surface area (Å²) in [6.45, 7) is 58.0. The van der Waals surface area contributed by atoms with Gasteiger partial charge in [0.2, 0.25) is 0 Å². The first kappa shape index (κ1) is 73.5. The van der Waals surface area contributed by atoms with Gasteiger partial charge in [-0.05, 0) is 193 Å². The summed E-state index contributed by atoms with van der Waals surface area (Å²) in [5.41, 5.74) is -1.16. The number of hydrogen-bond acceptors (Lipinski definition) is 14. The van der Waals surface area contributed by atoms with Crippen molar-refractivity contribution in [2.24, 2.45) is 10.8 Å². The predicted molar refractivity (Wildman–Crippen MR) is 352 cm³/mol. The average Bonchev–Trinajstić information content (AvgIpc) is 0.948. The number of hydrogen-bond donors (Lipinski definition) is 6. The summed E-state index contributed by atoms with van der Waals surface area (Å²) in [6.07, 6.45) is 4.61. The van der Waals surface area contributed by atoms with Gasteiger partial charge in [-0.15, -0.1) is 0 Å². The highest BCUT2D eigenvalue weighted by Crippen LogP contribution is 2.45. The number of carbonyl (C=O) groups excluding carboxylic acids is 4. The lowest BCUT2D eigenvalue weighted by Crippen LogP contribution is -2.61. The van der Waals surface area contributed by atoms with Gasteiger partial charge in [0.15, 0.2) is 10.8 Å². The zero-order valence-corrected chi connectivity index (χ0v) is 59.8. The fourth-order valence-corrected chi connectivity index (χ4v) is 15.8. The summed E-state index contributed by atoms with van der Waals surface area (Å²) in [7, 11) is 0. The van der Waals surface area contributed by atoms with Crippen molar-refractivity contribution in [3.63, 3.8) is 0 Å². The van der Waals surface area contributed by atoms with Gasteiger partial charge in [0.1, 0.15) is 35.9 Å². The van der Waals surface area contributed by atoms with Crippen LogP contribution in [0.5, 0.6) is 11.5 Å². The lowest BCUT2D eigenvalue weighted by molar-refractivity contribution is -0.185. The van der Waals surface area contributed by atoms with Gasteiger partial charge in [-0.1, -0.05) is 100 Å². The molecule has 0 saturated carbocycles. The molecule has 0 aromatic heterocycles. The number of rotatable bonds is 14. The summed E-state index contributed by atoms with van der Waals surface area (Å²) in [5.74, 6) is -1.58. The second-order valence-corrected chi connectivity index (χ2v) is 35.6. The van der Waals surface area contributed by atoms with Gasteiger partial charge in [-0.3, -0.25) is 19.2 Å². The van der Waals surface area contributed by atoms with Crippen molar-refractivity contribution in [2.75, 3.05) is 0 Å². The molecule has 0 aliphatic carbocycles. The van der Waals surface area contributed by atoms with E-state index in [0.29, 0.717) is 56.9 Å². The minimum Gasteiger partial charge on any atom is -0.507 e. The molecule has 0 radical (unpaired) electrons. The second-order valence-electron chi connectivity index (χ2n) is 35.6. The van der Waals surface area contributed by atoms with Crippen LogP contribution in [0.4, 0.5) is 0 Å². The summed E-state index contributed by atoms with van der Waals surface area (Å²) in [4.78, 5) is 57.8. The lowest BCUT2D eigenvalue weighted by Gasteiger charge is -2.47. The van der Waals surface area contributed by atoms with Gasteiger partial charge >= 0.3 is 23.9 Å². The zero-order valence-electron chi connectivity index (χ0n) is 59.8. The third kappa shape index (κ3) is 18.9. The van der Waals surface area contributed by atoms with Crippen LogP contribution < -0.4 is 21.3 Å². The molecular weight excluding hydrogens is 1090 g/mol. The van der Waals surface area contributed by atoms with E-state index in [1.807, 2.05) is 65.8 Å². The number of phenols is 2. The maximum absolute atomic E-state index is 14.6. The summed E-state index contributed by atoms with van der Waals surface area (Å²) in [5, 5.41) is 36.8. The maximum Gasteiger partial charge on any atom is 0.324 e. The molecule has 4 fully saturated rings. The molecular formula is C73H122N4O10. The van der Waals surface area contributed by atoms with Crippen molar-refractivity contribution in [3.05, 3.63) is 57.6 Å². The van der Waals surface area contributed by atoms with Gasteiger partial charge < -0.3 is 50.4 Å². The average molecular weight is 1220 g/mol. The molecule has 6 rings (SSSR count). The molecule has 0 spiro atoms. The molecule has 0 amide bonds. The Bertz CT molecular complexity index is 2610. The quantitative estimate of drug-likeness (QED) is 0.0594. The number of nitrogens with one attached hydrogen (secondary N) is 4. The Morgan fingerprint density at radius 2 is 0.586 bits per heavy atom. The number of aromatic hydroxyl groups is 2. The van der Waals surface area contributed by atoms with Crippen LogP contribution >= 0.6 is 0 Å². The Kier molecular flexibility index (Phi) is 21.2. The van der Waals surface area contributed by atoms with E-state index in [1.54, 1.807) is 0 Å². The normalized spacial score (nSPS) is 22.3. The molecule has 0 atom stereocenters. The molecule has 4 aliphatic rings. The van der Waals surface area contributed by atoms with Crippen LogP contribution in [-0.4, -0.2) is 103 Å². The highest BCUT2D eigenvalue weighted by Gasteiger charge is 2.54. The molecule has 6 N–H and O–H groups in total. The van der Waals surface area contributed by atoms with E-state index in [4.69, 9.17) is 18.9 Å². The summed E-state index contributed by atoms with van der Waals surface area (Å²) >= 11 is 0. The fraction of sp³-hybridized carbons (Fsp3) is 0.781. The van der Waals surface area contributed by atoms with Crippen molar-refractivity contribution in [3.8, 4) is 11.5 Å². The molecule has 2 aromatic carbocycles. The van der Waals surface area contributed by atoms with Gasteiger partial charge in [0.05, 0.1) is 0 Å². The maximum atomic E-state index is 14.6. The molecule has 0 bridgehead atoms. The van der Waals surface area contributed by atoms with Crippen molar-refractivity contribution in [2.45, 2.75) is 356 Å². The van der Waals surface area contributed by atoms with E-state index in [1.165, 1.54) is 0 Å². The number of benzene rings is 2. The predicted octanol–water partition coefficient (Wildman–Crippen LogP) is 14.3. The Labute approximate surface area is 527 Å². The topological polar surface area (TPSA) is 194 Å². The molecule has 4 heterocycles. The van der Waals surface area contributed by atoms with E-state index in [0.717, 1.165) is 27.8 Å². The molecule has 4 aliphatic heterocycles. The number of esters is 4. The SMILES string of the molecule is CCC(Cc1cc(C(C)(C)C)c(O)c(C(C)(C)C)c1)(C(=O)OC1CC(C)(C)NC(C)(C)C1)C(=O)OC1CC(C)(C)NC(C)(C)C1.CCC(Cc1cc(C)c(O)c(C(C)(C)C)c1)(C(=O)OC1CC(C)(C)NC(C)(C)C1)C(=O)OC1CC(C)(C)NC(C)(C)C1. The van der Waals surface area contributed by atoms with Gasteiger partial charge in [0, 0.05) is 95.7 Å². The van der Waals surface area contributed by atoms with Crippen molar-refractivity contribution < 1.29 is 48.3 Å². The molecule has 14 nitrogen and oxygen atoms in total. The Morgan fingerprint density at radius 3 is 0.782 bits per heavy atom. The molecule has 0 unspecified atom stereocenters. The van der Waals surface area contributed by atoms with Crippen LogP contribution in [0.25, 0.3) is 0 Å². The summed E-state index contributed by atoms with van der Waals surface area (Å²) < 4.78 is 25.3. The number of carbonyl (C=O) groups is 4. The molecule has 2 aromatic rings. The highest BCUT2D eigenvalue weighted by molar-refractivity contribution is 6.01. The van der Waals surface area contributed by atoms with E-state index in [9.17, 15) is 29.4 Å². The third-order valence-corrected chi connectivity index (χ3v) is 18.4. The lowest BCUT2D eigenvalue weighted by atomic mass is 9.74. The second kappa shape index (κ2) is 25.1. The molecule has 14 heteroatoms. The van der Waals surface area contributed by atoms with Crippen molar-refractivity contribution in [1.82, 2.24) is 21.3 Å². The minimum atomic E-state index is -1.54. The van der Waals surface area contributed by atoms with Gasteiger partial charge in [-0.2, -0.15) is 0 Å². The largest absolute Gasteiger partial charge is 0.507 e. The Morgan fingerprint density at radius 1 is 0.391 bits per heavy atom. The van der Waals surface area contributed by atoms with E-state index < -0.39 is 34.7 Å². The monoisotopic (exact) mass is 1210 g/mol. The molecule has 4 saturated heterocycles. The third-order valence-electron chi connectivity index (χ3n) is 18.4. The van der Waals surface area contributed by atoms with Crippen LogP contribution in [-0.2, 0) is 67.2 Å². The first-order valence-electron chi connectivity index (χ1n) is 32.7. The van der Waals surface area contributed by atoms with Crippen LogP contribution in [0.2, 0.25) is 0 Å². The van der Waals surface area contributed by atoms with Crippen LogP contribution in [0.3, 0.4) is 0 Å². The van der Waals surface area contributed by atoms with Gasteiger partial charge in [-0.25, -0.2) is 0 Å². The number of ether oxygens (including phenoxy) is 4. The Hall–Kier alpha value is -4.24. The van der Waals surface area contributed by atoms with Crippen molar-refractivity contribution >= 4 is 23.9 Å². The fourth-order valence-electron chi connectivity index (χ4n) is 15.8. The van der Waals surface area contributed by atoms with Crippen LogP contribution in [0, 0.1) is 17.8 Å². The van der Waals surface area contributed by atoms with Crippen molar-refractivity contribution in [1.29, 1.82) is 0 Å². The smallest absolute Gasteiger partial charge is 0.324 e. The first-order chi connectivity index (χ1) is 39.0. The highest BCUT2D eigenvalue weighted by atomic mass is 16.6. The summed E-state index contributed by atoms with van der Waals surface area (Å²) in [6, 6.07) is 7.73. The van der Waals surface area contributed by atoms with Gasteiger partial charge in [0.25, 0.3) is 0 Å². The van der Waals surface area contributed by atoms with E-state index in [-0.39, 0.29) is 122 Å². The van der Waals surface area contributed by atoms with Crippen LogP contribution in [0.15, 0.2) is 24.3 Å².